The molecule has 76 valence electrons. The van der Waals surface area contributed by atoms with Crippen molar-refractivity contribution < 1.29 is 5.11 Å². The number of hydrogen-bond acceptors (Lipinski definition) is 3. The van der Waals surface area contributed by atoms with Crippen molar-refractivity contribution >= 4 is 17.4 Å². The minimum atomic E-state index is 0.305. The number of thioether (sulfide) groups is 1. The topological polar surface area (TPSA) is 32.3 Å². The quantitative estimate of drug-likeness (QED) is 0.644. The molecule has 2 N–H and O–H groups in total. The number of phenolic OH excluding ortho intramolecular Hbond substituents is 1. The van der Waals surface area contributed by atoms with E-state index in [9.17, 15) is 5.11 Å². The van der Waals surface area contributed by atoms with Crippen LogP contribution in [0.1, 0.15) is 13.8 Å². The first-order valence-corrected chi connectivity index (χ1v) is 5.75. The fraction of sp³-hybridized carbons (Fsp3) is 0.455. The fourth-order valence-corrected chi connectivity index (χ4v) is 2.58. The molecule has 0 aromatic heterocycles. The van der Waals surface area contributed by atoms with Gasteiger partial charge in [0.05, 0.1) is 0 Å². The summed E-state index contributed by atoms with van der Waals surface area (Å²) in [5, 5.41) is 12.8. The molecule has 1 aromatic carbocycles. The number of hydrogen-bond donors (Lipinski definition) is 2. The van der Waals surface area contributed by atoms with Crippen molar-refractivity contribution in [2.75, 3.05) is 17.6 Å². The molecule has 0 spiro atoms. The predicted octanol–water partition coefficient (Wildman–Crippen LogP) is 2.94. The predicted molar refractivity (Wildman–Crippen MR) is 61.1 cm³/mol. The van der Waals surface area contributed by atoms with Crippen LogP contribution in [-0.2, 0) is 0 Å². The van der Waals surface area contributed by atoms with Crippen molar-refractivity contribution in [3.05, 3.63) is 18.2 Å². The highest BCUT2D eigenvalue weighted by molar-refractivity contribution is 7.99. The maximum atomic E-state index is 9.37. The van der Waals surface area contributed by atoms with Gasteiger partial charge in [0.1, 0.15) is 5.75 Å². The molecule has 2 nitrogen and oxygen atoms in total. The van der Waals surface area contributed by atoms with E-state index < -0.39 is 0 Å². The summed E-state index contributed by atoms with van der Waals surface area (Å²) in [5.74, 6) is 1.42. The number of phenols is 1. The Bertz CT molecular complexity index is 349. The number of benzene rings is 1. The summed E-state index contributed by atoms with van der Waals surface area (Å²) in [4.78, 5) is 1.15. The van der Waals surface area contributed by atoms with Gasteiger partial charge in [-0.3, -0.25) is 0 Å². The Hall–Kier alpha value is -0.830. The number of rotatable bonds is 0. The first kappa shape index (κ1) is 9.71. The molecule has 3 heteroatoms. The minimum Gasteiger partial charge on any atom is -0.508 e. The van der Waals surface area contributed by atoms with Crippen LogP contribution in [0, 0.1) is 5.41 Å². The summed E-state index contributed by atoms with van der Waals surface area (Å²) >= 11 is 1.81. The maximum Gasteiger partial charge on any atom is 0.116 e. The molecule has 0 unspecified atom stereocenters. The first-order valence-electron chi connectivity index (χ1n) is 4.77. The largest absolute Gasteiger partial charge is 0.508 e. The van der Waals surface area contributed by atoms with E-state index >= 15 is 0 Å². The number of anilines is 1. The van der Waals surface area contributed by atoms with Crippen LogP contribution in [0.2, 0.25) is 0 Å². The average Bonchev–Trinajstić information content (AvgIpc) is 2.26. The molecule has 0 saturated heterocycles. The smallest absolute Gasteiger partial charge is 0.116 e. The van der Waals surface area contributed by atoms with Gasteiger partial charge in [0.25, 0.3) is 0 Å². The molecule has 0 saturated carbocycles. The summed E-state index contributed by atoms with van der Waals surface area (Å²) < 4.78 is 0. The number of aromatic hydroxyl groups is 1. The molecule has 0 bridgehead atoms. The van der Waals surface area contributed by atoms with Crippen LogP contribution in [-0.4, -0.2) is 17.4 Å². The third-order valence-electron chi connectivity index (χ3n) is 2.34. The third-order valence-corrected chi connectivity index (χ3v) is 3.92. The van der Waals surface area contributed by atoms with Crippen molar-refractivity contribution in [3.8, 4) is 5.75 Å². The second kappa shape index (κ2) is 3.39. The van der Waals surface area contributed by atoms with E-state index in [1.165, 1.54) is 0 Å². The van der Waals surface area contributed by atoms with E-state index in [4.69, 9.17) is 0 Å². The molecular formula is C11H15NOS. The van der Waals surface area contributed by atoms with Crippen LogP contribution < -0.4 is 5.32 Å². The van der Waals surface area contributed by atoms with Crippen molar-refractivity contribution in [2.45, 2.75) is 18.7 Å². The minimum absolute atomic E-state index is 0.305. The van der Waals surface area contributed by atoms with Crippen LogP contribution in [0.15, 0.2) is 23.1 Å². The summed E-state index contributed by atoms with van der Waals surface area (Å²) in [7, 11) is 0. The van der Waals surface area contributed by atoms with Gasteiger partial charge >= 0.3 is 0 Å². The summed E-state index contributed by atoms with van der Waals surface area (Å²) in [6, 6.07) is 5.50. The van der Waals surface area contributed by atoms with E-state index in [-0.39, 0.29) is 0 Å². The molecule has 0 fully saturated rings. The Morgan fingerprint density at radius 3 is 3.00 bits per heavy atom. The van der Waals surface area contributed by atoms with E-state index in [0.29, 0.717) is 11.2 Å². The lowest BCUT2D eigenvalue weighted by Gasteiger charge is -2.21. The van der Waals surface area contributed by atoms with Gasteiger partial charge in [0.2, 0.25) is 0 Å². The van der Waals surface area contributed by atoms with Crippen LogP contribution in [0.4, 0.5) is 5.69 Å². The van der Waals surface area contributed by atoms with Crippen LogP contribution in [0.3, 0.4) is 0 Å². The van der Waals surface area contributed by atoms with E-state index in [1.807, 2.05) is 23.9 Å². The highest BCUT2D eigenvalue weighted by Gasteiger charge is 2.22. The first-order chi connectivity index (χ1) is 6.57. The average molecular weight is 209 g/mol. The van der Waals surface area contributed by atoms with E-state index in [1.54, 1.807) is 6.07 Å². The molecule has 0 aliphatic carbocycles. The van der Waals surface area contributed by atoms with Gasteiger partial charge in [-0.25, -0.2) is 0 Å². The normalized spacial score (nSPS) is 19.3. The van der Waals surface area contributed by atoms with E-state index in [2.05, 4.69) is 19.2 Å². The van der Waals surface area contributed by atoms with Crippen LogP contribution in [0.5, 0.6) is 5.75 Å². The Kier molecular flexibility index (Phi) is 2.35. The van der Waals surface area contributed by atoms with Gasteiger partial charge in [-0.1, -0.05) is 13.8 Å². The zero-order valence-corrected chi connectivity index (χ0v) is 9.32. The van der Waals surface area contributed by atoms with E-state index in [0.717, 1.165) is 22.9 Å². The molecule has 0 radical (unpaired) electrons. The molecule has 2 rings (SSSR count). The zero-order valence-electron chi connectivity index (χ0n) is 8.50. The third kappa shape index (κ3) is 1.98. The Morgan fingerprint density at radius 2 is 2.21 bits per heavy atom. The van der Waals surface area contributed by atoms with Crippen molar-refractivity contribution in [2.24, 2.45) is 5.41 Å². The zero-order chi connectivity index (χ0) is 10.2. The SMILES string of the molecule is CC1(C)CNc2ccc(O)cc2SC1. The molecule has 1 aromatic rings. The lowest BCUT2D eigenvalue weighted by atomic mass is 9.96. The van der Waals surface area contributed by atoms with Crippen LogP contribution in [0.25, 0.3) is 0 Å². The number of nitrogens with one attached hydrogen (secondary N) is 1. The Labute approximate surface area is 88.7 Å². The molecule has 14 heavy (non-hydrogen) atoms. The maximum absolute atomic E-state index is 9.37. The van der Waals surface area contributed by atoms with Gasteiger partial charge < -0.3 is 10.4 Å². The van der Waals surface area contributed by atoms with Gasteiger partial charge in [-0.05, 0) is 23.6 Å². The van der Waals surface area contributed by atoms with Crippen molar-refractivity contribution in [1.29, 1.82) is 0 Å². The van der Waals surface area contributed by atoms with Crippen molar-refractivity contribution in [1.82, 2.24) is 0 Å². The van der Waals surface area contributed by atoms with Gasteiger partial charge in [-0.2, -0.15) is 0 Å². The highest BCUT2D eigenvalue weighted by atomic mass is 32.2. The van der Waals surface area contributed by atoms with Crippen LogP contribution >= 0.6 is 11.8 Å². The molecule has 1 aliphatic heterocycles. The van der Waals surface area contributed by atoms with Gasteiger partial charge in [0, 0.05) is 22.9 Å². The van der Waals surface area contributed by atoms with Crippen molar-refractivity contribution in [3.63, 3.8) is 0 Å². The molecular weight excluding hydrogens is 194 g/mol. The van der Waals surface area contributed by atoms with Gasteiger partial charge in [-0.15, -0.1) is 11.8 Å². The summed E-state index contributed by atoms with van der Waals surface area (Å²) in [5.41, 5.74) is 1.44. The number of fused-ring (bicyclic) bond motifs is 1. The molecule has 0 atom stereocenters. The monoisotopic (exact) mass is 209 g/mol. The fourth-order valence-electron chi connectivity index (χ4n) is 1.44. The lowest BCUT2D eigenvalue weighted by Crippen LogP contribution is -2.23. The summed E-state index contributed by atoms with van der Waals surface area (Å²) in [6.07, 6.45) is 0. The summed E-state index contributed by atoms with van der Waals surface area (Å²) in [6.45, 7) is 5.48. The Morgan fingerprint density at radius 1 is 1.43 bits per heavy atom. The van der Waals surface area contributed by atoms with Gasteiger partial charge in [0.15, 0.2) is 0 Å². The second-order valence-corrected chi connectivity index (χ2v) is 5.50. The standard InChI is InChI=1S/C11H15NOS/c1-11(2)6-12-9-4-3-8(13)5-10(9)14-7-11/h3-5,12-13H,6-7H2,1-2H3. The molecule has 1 heterocycles. The Balaban J connectivity index is 2.30. The molecule has 1 aliphatic rings. The lowest BCUT2D eigenvalue weighted by molar-refractivity contribution is 0.456. The molecule has 0 amide bonds. The second-order valence-electron chi connectivity index (χ2n) is 4.49. The highest BCUT2D eigenvalue weighted by Crippen LogP contribution is 2.37.